The third-order valence-electron chi connectivity index (χ3n) is 7.25. The number of benzene rings is 1. The van der Waals surface area contributed by atoms with Gasteiger partial charge in [-0.2, -0.15) is 5.10 Å². The van der Waals surface area contributed by atoms with Crippen molar-refractivity contribution in [1.29, 1.82) is 0 Å². The number of carboxylic acids is 1. The van der Waals surface area contributed by atoms with Crippen LogP contribution in [0.1, 0.15) is 44.9 Å². The number of aliphatic carboxylic acids is 1. The Labute approximate surface area is 182 Å². The number of hydrogen-bond acceptors (Lipinski definition) is 4. The lowest BCUT2D eigenvalue weighted by Gasteiger charge is -2.61. The van der Waals surface area contributed by atoms with E-state index in [0.29, 0.717) is 18.3 Å². The van der Waals surface area contributed by atoms with Crippen LogP contribution in [0.5, 0.6) is 0 Å². The van der Waals surface area contributed by atoms with Crippen molar-refractivity contribution < 1.29 is 18.7 Å². The second-order valence-electron chi connectivity index (χ2n) is 9.59. The van der Waals surface area contributed by atoms with E-state index >= 15 is 0 Å². The SMILES string of the molecule is O=C(O)CC12CC3CC(C1)CC(n1ncc(Nc4ccc(F)cc4F)c(Cl)c1=O)(C3)C2. The summed E-state index contributed by atoms with van der Waals surface area (Å²) in [6.07, 6.45) is 6.48. The molecule has 31 heavy (non-hydrogen) atoms. The molecule has 1 aromatic carbocycles. The lowest BCUT2D eigenvalue weighted by molar-refractivity contribution is -0.151. The number of rotatable bonds is 5. The predicted octanol–water partition coefficient (Wildman–Crippen LogP) is 4.69. The van der Waals surface area contributed by atoms with Crippen LogP contribution in [0.2, 0.25) is 5.02 Å². The molecule has 164 valence electrons. The molecule has 6 nitrogen and oxygen atoms in total. The van der Waals surface area contributed by atoms with E-state index in [0.717, 1.165) is 44.2 Å². The molecule has 2 unspecified atom stereocenters. The molecule has 0 amide bonds. The van der Waals surface area contributed by atoms with Crippen LogP contribution in [-0.4, -0.2) is 20.9 Å². The van der Waals surface area contributed by atoms with Gasteiger partial charge in [-0.15, -0.1) is 0 Å². The maximum absolute atomic E-state index is 14.0. The van der Waals surface area contributed by atoms with Gasteiger partial charge >= 0.3 is 5.97 Å². The van der Waals surface area contributed by atoms with Gasteiger partial charge in [0.15, 0.2) is 0 Å². The molecule has 0 radical (unpaired) electrons. The van der Waals surface area contributed by atoms with E-state index < -0.39 is 28.7 Å². The van der Waals surface area contributed by atoms with Gasteiger partial charge in [0.2, 0.25) is 0 Å². The summed E-state index contributed by atoms with van der Waals surface area (Å²) >= 11 is 6.36. The van der Waals surface area contributed by atoms with E-state index in [1.807, 2.05) is 0 Å². The molecule has 1 heterocycles. The lowest BCUT2D eigenvalue weighted by atomic mass is 9.46. The van der Waals surface area contributed by atoms with Gasteiger partial charge in [-0.05, 0) is 67.9 Å². The maximum Gasteiger partial charge on any atom is 0.303 e. The number of hydrogen-bond donors (Lipinski definition) is 2. The van der Waals surface area contributed by atoms with Crippen molar-refractivity contribution in [2.24, 2.45) is 17.3 Å². The summed E-state index contributed by atoms with van der Waals surface area (Å²) in [4.78, 5) is 24.8. The first-order valence-electron chi connectivity index (χ1n) is 10.4. The number of nitrogens with one attached hydrogen (secondary N) is 1. The maximum atomic E-state index is 14.0. The first-order chi connectivity index (χ1) is 14.7. The lowest BCUT2D eigenvalue weighted by Crippen LogP contribution is -2.59. The van der Waals surface area contributed by atoms with E-state index in [4.69, 9.17) is 11.6 Å². The molecule has 9 heteroatoms. The Morgan fingerprint density at radius 2 is 1.94 bits per heavy atom. The second kappa shape index (κ2) is 7.02. The van der Waals surface area contributed by atoms with Gasteiger partial charge in [-0.3, -0.25) is 9.59 Å². The molecule has 0 saturated heterocycles. The van der Waals surface area contributed by atoms with Gasteiger partial charge in [-0.25, -0.2) is 13.5 Å². The molecule has 4 fully saturated rings. The Bertz CT molecular complexity index is 1120. The molecule has 2 atom stereocenters. The minimum atomic E-state index is -0.809. The third-order valence-corrected chi connectivity index (χ3v) is 7.61. The highest BCUT2D eigenvalue weighted by Crippen LogP contribution is 2.65. The summed E-state index contributed by atoms with van der Waals surface area (Å²) in [7, 11) is 0. The zero-order chi connectivity index (χ0) is 22.0. The van der Waals surface area contributed by atoms with Gasteiger partial charge in [0, 0.05) is 6.07 Å². The minimum Gasteiger partial charge on any atom is -0.481 e. The number of carbonyl (C=O) groups is 1. The van der Waals surface area contributed by atoms with Crippen molar-refractivity contribution in [3.63, 3.8) is 0 Å². The van der Waals surface area contributed by atoms with E-state index in [9.17, 15) is 23.5 Å². The van der Waals surface area contributed by atoms with Crippen LogP contribution in [0.3, 0.4) is 0 Å². The van der Waals surface area contributed by atoms with Gasteiger partial charge in [0.1, 0.15) is 16.7 Å². The highest BCUT2D eigenvalue weighted by molar-refractivity contribution is 6.33. The summed E-state index contributed by atoms with van der Waals surface area (Å²) in [5.41, 5.74) is -1.21. The molecule has 4 saturated carbocycles. The Kier molecular flexibility index (Phi) is 4.62. The standard InChI is InChI=1S/C22H22ClF2N3O3/c23-19-17(27-16-2-1-14(24)4-15(16)25)10-26-28(20(19)31)22-7-12-3-13(8-22)6-21(5-12,11-22)9-18(29)30/h1-2,4,10,12-13,27H,3,5-9,11H2,(H,29,30). The average molecular weight is 450 g/mol. The number of halogens is 3. The molecule has 1 aromatic heterocycles. The number of aromatic nitrogens is 2. The predicted molar refractivity (Wildman–Crippen MR) is 110 cm³/mol. The zero-order valence-electron chi connectivity index (χ0n) is 16.7. The smallest absolute Gasteiger partial charge is 0.303 e. The Morgan fingerprint density at radius 3 is 2.58 bits per heavy atom. The quantitative estimate of drug-likeness (QED) is 0.691. The molecular weight excluding hydrogens is 428 g/mol. The van der Waals surface area contributed by atoms with Crippen molar-refractivity contribution in [3.8, 4) is 0 Å². The van der Waals surface area contributed by atoms with E-state index in [2.05, 4.69) is 10.4 Å². The molecule has 2 aromatic rings. The van der Waals surface area contributed by atoms with Crippen molar-refractivity contribution in [2.75, 3.05) is 5.32 Å². The van der Waals surface area contributed by atoms with Crippen LogP contribution in [0.15, 0.2) is 29.2 Å². The van der Waals surface area contributed by atoms with Gasteiger partial charge < -0.3 is 10.4 Å². The van der Waals surface area contributed by atoms with Gasteiger partial charge in [0.05, 0.1) is 29.5 Å². The Hall–Kier alpha value is -2.48. The van der Waals surface area contributed by atoms with Crippen LogP contribution in [-0.2, 0) is 10.3 Å². The first-order valence-corrected chi connectivity index (χ1v) is 10.8. The summed E-state index contributed by atoms with van der Waals surface area (Å²) in [5, 5.41) is 16.5. The fourth-order valence-corrected chi connectivity index (χ4v) is 6.95. The third kappa shape index (κ3) is 3.41. The molecule has 4 aliphatic rings. The topological polar surface area (TPSA) is 84.2 Å². The highest BCUT2D eigenvalue weighted by Gasteiger charge is 2.59. The largest absolute Gasteiger partial charge is 0.481 e. The molecule has 6 rings (SSSR count). The van der Waals surface area contributed by atoms with Crippen LogP contribution >= 0.6 is 11.6 Å². The molecule has 0 spiro atoms. The van der Waals surface area contributed by atoms with Gasteiger partial charge in [0.25, 0.3) is 5.56 Å². The summed E-state index contributed by atoms with van der Waals surface area (Å²) < 4.78 is 28.6. The fourth-order valence-electron chi connectivity index (χ4n) is 6.77. The van der Waals surface area contributed by atoms with E-state index in [1.165, 1.54) is 16.9 Å². The first kappa shape index (κ1) is 20.4. The zero-order valence-corrected chi connectivity index (χ0v) is 17.5. The average Bonchev–Trinajstić information content (AvgIpc) is 2.65. The normalized spacial score (nSPS) is 31.1. The van der Waals surface area contributed by atoms with Crippen molar-refractivity contribution in [2.45, 2.75) is 50.5 Å². The number of carboxylic acid groups (broad SMARTS) is 1. The Morgan fingerprint density at radius 1 is 1.23 bits per heavy atom. The van der Waals surface area contributed by atoms with Crippen molar-refractivity contribution in [3.05, 3.63) is 51.4 Å². The molecule has 0 aliphatic heterocycles. The molecule has 4 aliphatic carbocycles. The number of nitrogens with zero attached hydrogens (tertiary/aromatic N) is 2. The highest BCUT2D eigenvalue weighted by atomic mass is 35.5. The molecule has 4 bridgehead atoms. The van der Waals surface area contributed by atoms with Crippen molar-refractivity contribution in [1.82, 2.24) is 9.78 Å². The summed E-state index contributed by atoms with van der Waals surface area (Å²) in [5.74, 6) is -1.58. The van der Waals surface area contributed by atoms with E-state index in [-0.39, 0.29) is 28.2 Å². The van der Waals surface area contributed by atoms with Crippen LogP contribution < -0.4 is 10.9 Å². The van der Waals surface area contributed by atoms with E-state index in [1.54, 1.807) is 0 Å². The van der Waals surface area contributed by atoms with Gasteiger partial charge in [-0.1, -0.05) is 11.6 Å². The minimum absolute atomic E-state index is 0.0162. The van der Waals surface area contributed by atoms with Crippen LogP contribution in [0, 0.1) is 28.9 Å². The summed E-state index contributed by atoms with van der Waals surface area (Å²) in [6, 6.07) is 3.06. The molecule has 2 N–H and O–H groups in total. The second-order valence-corrected chi connectivity index (χ2v) is 9.97. The monoisotopic (exact) mass is 449 g/mol. The fraction of sp³-hybridized carbons (Fsp3) is 0.500. The van der Waals surface area contributed by atoms with Crippen LogP contribution in [0.25, 0.3) is 0 Å². The molecular formula is C22H22ClF2N3O3. The van der Waals surface area contributed by atoms with Crippen LogP contribution in [0.4, 0.5) is 20.2 Å². The van der Waals surface area contributed by atoms with Crippen molar-refractivity contribution >= 4 is 28.9 Å². The Balaban J connectivity index is 1.50. The number of anilines is 2. The summed E-state index contributed by atoms with van der Waals surface area (Å²) in [6.45, 7) is 0.